The van der Waals surface area contributed by atoms with Gasteiger partial charge in [-0.3, -0.25) is 4.79 Å². The Hall–Kier alpha value is -2.49. The fraction of sp³-hybridized carbons (Fsp3) is 0.235. The Morgan fingerprint density at radius 2 is 1.67 bits per heavy atom. The number of rotatable bonds is 4. The van der Waals surface area contributed by atoms with Crippen LogP contribution in [0.5, 0.6) is 11.5 Å². The average Bonchev–Trinajstić information content (AvgIpc) is 2.84. The summed E-state index contributed by atoms with van der Waals surface area (Å²) >= 11 is 0. The van der Waals surface area contributed by atoms with Crippen molar-refractivity contribution >= 4 is 5.91 Å². The van der Waals surface area contributed by atoms with Gasteiger partial charge in [-0.2, -0.15) is 0 Å². The minimum absolute atomic E-state index is 0.0553. The van der Waals surface area contributed by atoms with Gasteiger partial charge in [0.1, 0.15) is 11.5 Å². The predicted molar refractivity (Wildman–Crippen MR) is 79.6 cm³/mol. The summed E-state index contributed by atoms with van der Waals surface area (Å²) in [5, 5.41) is 0. The van der Waals surface area contributed by atoms with Crippen molar-refractivity contribution < 1.29 is 14.3 Å². The quantitative estimate of drug-likeness (QED) is 0.866. The molecule has 2 aromatic carbocycles. The molecule has 1 amide bonds. The zero-order valence-corrected chi connectivity index (χ0v) is 12.1. The fourth-order valence-electron chi connectivity index (χ4n) is 2.55. The maximum absolute atomic E-state index is 12.4. The topological polar surface area (TPSA) is 38.8 Å². The monoisotopic (exact) mass is 283 g/mol. The predicted octanol–water partition coefficient (Wildman–Crippen LogP) is 2.86. The third kappa shape index (κ3) is 2.57. The van der Waals surface area contributed by atoms with Crippen molar-refractivity contribution in [1.82, 2.24) is 4.90 Å². The lowest BCUT2D eigenvalue weighted by atomic mass is 10.1. The smallest absolute Gasteiger partial charge is 0.254 e. The normalized spacial score (nSPS) is 13.2. The molecule has 0 fully saturated rings. The van der Waals surface area contributed by atoms with Crippen LogP contribution in [0.4, 0.5) is 0 Å². The highest BCUT2D eigenvalue weighted by molar-refractivity contribution is 5.98. The fourth-order valence-corrected chi connectivity index (χ4v) is 2.55. The van der Waals surface area contributed by atoms with Gasteiger partial charge in [-0.05, 0) is 35.4 Å². The second kappa shape index (κ2) is 5.48. The number of ether oxygens (including phenoxy) is 2. The molecule has 108 valence electrons. The van der Waals surface area contributed by atoms with Crippen molar-refractivity contribution in [2.75, 3.05) is 14.2 Å². The first-order valence-corrected chi connectivity index (χ1v) is 6.80. The first kappa shape index (κ1) is 13.5. The van der Waals surface area contributed by atoms with Crippen molar-refractivity contribution in [2.45, 2.75) is 13.1 Å². The summed E-state index contributed by atoms with van der Waals surface area (Å²) in [5.41, 5.74) is 2.88. The number of methoxy groups -OCH3 is 2. The van der Waals surface area contributed by atoms with Crippen molar-refractivity contribution in [3.8, 4) is 11.5 Å². The van der Waals surface area contributed by atoms with E-state index in [1.54, 1.807) is 14.2 Å². The summed E-state index contributed by atoms with van der Waals surface area (Å²) < 4.78 is 10.3. The molecule has 2 aromatic rings. The van der Waals surface area contributed by atoms with Crippen LogP contribution >= 0.6 is 0 Å². The van der Waals surface area contributed by atoms with Gasteiger partial charge in [-0.15, -0.1) is 0 Å². The molecule has 0 saturated carbocycles. The molecular weight excluding hydrogens is 266 g/mol. The first-order chi connectivity index (χ1) is 10.2. The van der Waals surface area contributed by atoms with E-state index in [0.29, 0.717) is 18.8 Å². The van der Waals surface area contributed by atoms with Crippen LogP contribution in [0.25, 0.3) is 0 Å². The lowest BCUT2D eigenvalue weighted by molar-refractivity contribution is 0.0766. The Morgan fingerprint density at radius 1 is 1.00 bits per heavy atom. The first-order valence-electron chi connectivity index (χ1n) is 6.80. The number of hydrogen-bond acceptors (Lipinski definition) is 3. The van der Waals surface area contributed by atoms with Crippen LogP contribution in [0.3, 0.4) is 0 Å². The Bertz CT molecular complexity index is 664. The molecule has 0 saturated heterocycles. The maximum atomic E-state index is 12.4. The summed E-state index contributed by atoms with van der Waals surface area (Å²) in [5.74, 6) is 1.59. The molecule has 0 unspecified atom stereocenters. The largest absolute Gasteiger partial charge is 0.497 e. The van der Waals surface area contributed by atoms with Crippen molar-refractivity contribution in [1.29, 1.82) is 0 Å². The van der Waals surface area contributed by atoms with Gasteiger partial charge in [0.15, 0.2) is 0 Å². The number of hydrogen-bond donors (Lipinski definition) is 0. The highest BCUT2D eigenvalue weighted by Gasteiger charge is 2.27. The summed E-state index contributed by atoms with van der Waals surface area (Å²) in [6.07, 6.45) is 0. The molecular formula is C17H17NO3. The Balaban J connectivity index is 1.77. The zero-order valence-electron chi connectivity index (χ0n) is 12.1. The van der Waals surface area contributed by atoms with Gasteiger partial charge in [-0.1, -0.05) is 18.2 Å². The Kier molecular flexibility index (Phi) is 3.52. The standard InChI is InChI=1S/C17H17NO3/c1-20-14-6-3-12(4-7-14)10-18-11-13-5-8-15(21-2)9-16(13)17(18)19/h3-9H,10-11H2,1-2H3. The minimum atomic E-state index is 0.0553. The van der Waals surface area contributed by atoms with Crippen LogP contribution in [0.2, 0.25) is 0 Å². The second-order valence-electron chi connectivity index (χ2n) is 5.03. The highest BCUT2D eigenvalue weighted by Crippen LogP contribution is 2.28. The number of amides is 1. The number of carbonyl (C=O) groups excluding carboxylic acids is 1. The van der Waals surface area contributed by atoms with Gasteiger partial charge in [0.2, 0.25) is 0 Å². The molecule has 0 aromatic heterocycles. The van der Waals surface area contributed by atoms with E-state index in [-0.39, 0.29) is 5.91 Å². The molecule has 0 atom stereocenters. The third-order valence-electron chi connectivity index (χ3n) is 3.73. The van der Waals surface area contributed by atoms with Crippen molar-refractivity contribution in [3.05, 3.63) is 59.2 Å². The lowest BCUT2D eigenvalue weighted by Gasteiger charge is -2.15. The molecule has 4 heteroatoms. The number of nitrogens with zero attached hydrogens (tertiary/aromatic N) is 1. The molecule has 4 nitrogen and oxygen atoms in total. The van der Waals surface area contributed by atoms with E-state index in [9.17, 15) is 4.79 Å². The molecule has 1 heterocycles. The van der Waals surface area contributed by atoms with Crippen LogP contribution in [0.1, 0.15) is 21.5 Å². The van der Waals surface area contributed by atoms with Gasteiger partial charge >= 0.3 is 0 Å². The molecule has 0 aliphatic carbocycles. The molecule has 21 heavy (non-hydrogen) atoms. The summed E-state index contributed by atoms with van der Waals surface area (Å²) in [6, 6.07) is 13.4. The van der Waals surface area contributed by atoms with Gasteiger partial charge in [0, 0.05) is 18.7 Å². The maximum Gasteiger partial charge on any atom is 0.254 e. The van der Waals surface area contributed by atoms with Crippen LogP contribution < -0.4 is 9.47 Å². The molecule has 0 spiro atoms. The van der Waals surface area contributed by atoms with Gasteiger partial charge in [0.05, 0.1) is 14.2 Å². The SMILES string of the molecule is COc1ccc(CN2Cc3ccc(OC)cc3C2=O)cc1. The van der Waals surface area contributed by atoms with E-state index < -0.39 is 0 Å². The van der Waals surface area contributed by atoms with E-state index in [4.69, 9.17) is 9.47 Å². The highest BCUT2D eigenvalue weighted by atomic mass is 16.5. The molecule has 1 aliphatic rings. The molecule has 0 radical (unpaired) electrons. The number of fused-ring (bicyclic) bond motifs is 1. The molecule has 0 bridgehead atoms. The third-order valence-corrected chi connectivity index (χ3v) is 3.73. The van der Waals surface area contributed by atoms with E-state index in [2.05, 4.69) is 0 Å². The summed E-state index contributed by atoms with van der Waals surface area (Å²) in [7, 11) is 3.25. The summed E-state index contributed by atoms with van der Waals surface area (Å²) in [6.45, 7) is 1.24. The van der Waals surface area contributed by atoms with Crippen LogP contribution in [-0.4, -0.2) is 25.0 Å². The molecule has 0 N–H and O–H groups in total. The lowest BCUT2D eigenvalue weighted by Crippen LogP contribution is -2.23. The van der Waals surface area contributed by atoms with Crippen LogP contribution in [-0.2, 0) is 13.1 Å². The van der Waals surface area contributed by atoms with E-state index >= 15 is 0 Å². The molecule has 3 rings (SSSR count). The van der Waals surface area contributed by atoms with Crippen molar-refractivity contribution in [2.24, 2.45) is 0 Å². The molecule has 1 aliphatic heterocycles. The average molecular weight is 283 g/mol. The van der Waals surface area contributed by atoms with Gasteiger partial charge in [-0.25, -0.2) is 0 Å². The van der Waals surface area contributed by atoms with Crippen LogP contribution in [0.15, 0.2) is 42.5 Å². The van der Waals surface area contributed by atoms with E-state index in [1.807, 2.05) is 47.4 Å². The van der Waals surface area contributed by atoms with Crippen LogP contribution in [0, 0.1) is 0 Å². The summed E-state index contributed by atoms with van der Waals surface area (Å²) in [4.78, 5) is 14.3. The zero-order chi connectivity index (χ0) is 14.8. The number of benzene rings is 2. The van der Waals surface area contributed by atoms with E-state index in [0.717, 1.165) is 22.4 Å². The second-order valence-corrected chi connectivity index (χ2v) is 5.03. The minimum Gasteiger partial charge on any atom is -0.497 e. The van der Waals surface area contributed by atoms with Gasteiger partial charge in [0.25, 0.3) is 5.91 Å². The van der Waals surface area contributed by atoms with Gasteiger partial charge < -0.3 is 14.4 Å². The van der Waals surface area contributed by atoms with Crippen molar-refractivity contribution in [3.63, 3.8) is 0 Å². The van der Waals surface area contributed by atoms with E-state index in [1.165, 1.54) is 0 Å². The Labute approximate surface area is 123 Å². The number of carbonyl (C=O) groups is 1. The Morgan fingerprint density at radius 3 is 2.33 bits per heavy atom.